The van der Waals surface area contributed by atoms with Gasteiger partial charge in [0.25, 0.3) is 0 Å². The topological polar surface area (TPSA) is 28.2 Å². The molecule has 3 rings (SSSR count). The average Bonchev–Trinajstić information content (AvgIpc) is 2.74. The van der Waals surface area contributed by atoms with Crippen molar-refractivity contribution < 1.29 is 0 Å². The zero-order valence-electron chi connectivity index (χ0n) is 8.95. The fraction of sp³-hybridized carbons (Fsp3) is 0.583. The van der Waals surface area contributed by atoms with E-state index in [4.69, 9.17) is 0 Å². The van der Waals surface area contributed by atoms with Crippen LogP contribution in [0, 0.1) is 0 Å². The molecule has 0 saturated carbocycles. The molecule has 0 spiro atoms. The molecule has 1 N–H and O–H groups in total. The second-order valence-electron chi connectivity index (χ2n) is 4.41. The fourth-order valence-corrected chi connectivity index (χ4v) is 2.70. The van der Waals surface area contributed by atoms with Crippen LogP contribution < -0.4 is 10.2 Å². The second-order valence-corrected chi connectivity index (χ2v) is 4.41. The first-order valence-corrected chi connectivity index (χ1v) is 5.86. The van der Waals surface area contributed by atoms with Gasteiger partial charge in [-0.25, -0.2) is 4.98 Å². The summed E-state index contributed by atoms with van der Waals surface area (Å²) >= 11 is 0. The Morgan fingerprint density at radius 3 is 3.07 bits per heavy atom. The number of hydrogen-bond acceptors (Lipinski definition) is 3. The summed E-state index contributed by atoms with van der Waals surface area (Å²) in [7, 11) is 0. The minimum atomic E-state index is 0.711. The van der Waals surface area contributed by atoms with Crippen molar-refractivity contribution in [3.63, 3.8) is 0 Å². The molecule has 0 bridgehead atoms. The van der Waals surface area contributed by atoms with Crippen LogP contribution in [0.15, 0.2) is 18.3 Å². The first-order chi connectivity index (χ1) is 7.45. The third-order valence-electron chi connectivity index (χ3n) is 3.51. The lowest BCUT2D eigenvalue weighted by molar-refractivity contribution is 0.434. The van der Waals surface area contributed by atoms with Crippen molar-refractivity contribution >= 4 is 5.82 Å². The van der Waals surface area contributed by atoms with Crippen LogP contribution in [0.4, 0.5) is 5.82 Å². The number of pyridine rings is 1. The van der Waals surface area contributed by atoms with E-state index in [1.165, 1.54) is 30.6 Å². The van der Waals surface area contributed by atoms with Gasteiger partial charge in [0.1, 0.15) is 5.82 Å². The number of rotatable bonds is 1. The van der Waals surface area contributed by atoms with Crippen molar-refractivity contribution in [1.82, 2.24) is 10.3 Å². The van der Waals surface area contributed by atoms with Crippen LogP contribution in [0.5, 0.6) is 0 Å². The molecule has 0 aromatic carbocycles. The lowest BCUT2D eigenvalue weighted by Gasteiger charge is -2.32. The molecule has 2 aliphatic rings. The number of anilines is 1. The molecular formula is C12H17N3. The number of nitrogens with one attached hydrogen (secondary N) is 1. The quantitative estimate of drug-likeness (QED) is 0.743. The minimum absolute atomic E-state index is 0.711. The summed E-state index contributed by atoms with van der Waals surface area (Å²) in [6.07, 6.45) is 5.61. The highest BCUT2D eigenvalue weighted by atomic mass is 15.2. The Morgan fingerprint density at radius 1 is 1.33 bits per heavy atom. The monoisotopic (exact) mass is 203 g/mol. The van der Waals surface area contributed by atoms with Gasteiger partial charge in [-0.1, -0.05) is 6.07 Å². The Bertz CT molecular complexity index is 344. The van der Waals surface area contributed by atoms with Gasteiger partial charge in [0.2, 0.25) is 0 Å². The molecule has 0 unspecified atom stereocenters. The van der Waals surface area contributed by atoms with Gasteiger partial charge in [-0.05, 0) is 44.0 Å². The zero-order valence-corrected chi connectivity index (χ0v) is 8.95. The SMILES string of the molecule is c1cnc2c(c1)CCN2C1CCNCC1. The molecule has 3 nitrogen and oxygen atoms in total. The summed E-state index contributed by atoms with van der Waals surface area (Å²) in [6, 6.07) is 4.97. The molecule has 1 aromatic heterocycles. The van der Waals surface area contributed by atoms with E-state index in [-0.39, 0.29) is 0 Å². The second kappa shape index (κ2) is 3.81. The molecule has 1 aromatic rings. The molecule has 80 valence electrons. The highest BCUT2D eigenvalue weighted by Crippen LogP contribution is 2.29. The summed E-state index contributed by atoms with van der Waals surface area (Å²) in [4.78, 5) is 7.03. The highest BCUT2D eigenvalue weighted by molar-refractivity contribution is 5.52. The fourth-order valence-electron chi connectivity index (χ4n) is 2.70. The molecule has 3 heterocycles. The first-order valence-electron chi connectivity index (χ1n) is 5.86. The Balaban J connectivity index is 1.83. The summed E-state index contributed by atoms with van der Waals surface area (Å²) in [5, 5.41) is 3.42. The number of hydrogen-bond donors (Lipinski definition) is 1. The summed E-state index contributed by atoms with van der Waals surface area (Å²) in [6.45, 7) is 3.48. The van der Waals surface area contributed by atoms with Gasteiger partial charge >= 0.3 is 0 Å². The van der Waals surface area contributed by atoms with Crippen LogP contribution in [0.25, 0.3) is 0 Å². The third kappa shape index (κ3) is 1.61. The molecular weight excluding hydrogens is 186 g/mol. The van der Waals surface area contributed by atoms with Crippen LogP contribution in [0.1, 0.15) is 18.4 Å². The Kier molecular flexibility index (Phi) is 2.33. The highest BCUT2D eigenvalue weighted by Gasteiger charge is 2.27. The molecule has 0 atom stereocenters. The van der Waals surface area contributed by atoms with E-state index >= 15 is 0 Å². The molecule has 0 aliphatic carbocycles. The van der Waals surface area contributed by atoms with Crippen LogP contribution >= 0.6 is 0 Å². The van der Waals surface area contributed by atoms with Crippen LogP contribution in [-0.2, 0) is 6.42 Å². The summed E-state index contributed by atoms with van der Waals surface area (Å²) in [5.74, 6) is 1.24. The minimum Gasteiger partial charge on any atom is -0.353 e. The van der Waals surface area contributed by atoms with Gasteiger partial charge in [0.05, 0.1) is 0 Å². The van der Waals surface area contributed by atoms with E-state index in [0.717, 1.165) is 19.6 Å². The Hall–Kier alpha value is -1.09. The van der Waals surface area contributed by atoms with E-state index < -0.39 is 0 Å². The number of fused-ring (bicyclic) bond motifs is 1. The smallest absolute Gasteiger partial charge is 0.132 e. The van der Waals surface area contributed by atoms with Gasteiger partial charge < -0.3 is 10.2 Å². The molecule has 1 saturated heterocycles. The Labute approximate surface area is 90.5 Å². The predicted molar refractivity (Wildman–Crippen MR) is 61.2 cm³/mol. The number of aromatic nitrogens is 1. The van der Waals surface area contributed by atoms with Gasteiger partial charge in [0, 0.05) is 18.8 Å². The van der Waals surface area contributed by atoms with Crippen LogP contribution in [0.2, 0.25) is 0 Å². The van der Waals surface area contributed by atoms with Crippen molar-refractivity contribution in [3.05, 3.63) is 23.9 Å². The van der Waals surface area contributed by atoms with Crippen molar-refractivity contribution in [2.75, 3.05) is 24.5 Å². The predicted octanol–water partition coefficient (Wildman–Crippen LogP) is 1.20. The maximum absolute atomic E-state index is 4.52. The van der Waals surface area contributed by atoms with Crippen molar-refractivity contribution in [1.29, 1.82) is 0 Å². The van der Waals surface area contributed by atoms with E-state index in [2.05, 4.69) is 21.3 Å². The number of nitrogens with zero attached hydrogens (tertiary/aromatic N) is 2. The zero-order chi connectivity index (χ0) is 10.1. The maximum Gasteiger partial charge on any atom is 0.132 e. The maximum atomic E-state index is 4.52. The van der Waals surface area contributed by atoms with Crippen LogP contribution in [-0.4, -0.2) is 30.7 Å². The van der Waals surface area contributed by atoms with E-state index in [1.54, 1.807) is 0 Å². The third-order valence-corrected chi connectivity index (χ3v) is 3.51. The van der Waals surface area contributed by atoms with E-state index in [0.29, 0.717) is 6.04 Å². The summed E-state index contributed by atoms with van der Waals surface area (Å²) < 4.78 is 0. The largest absolute Gasteiger partial charge is 0.353 e. The molecule has 2 aliphatic heterocycles. The normalized spacial score (nSPS) is 21.7. The molecule has 0 amide bonds. The molecule has 15 heavy (non-hydrogen) atoms. The Morgan fingerprint density at radius 2 is 2.20 bits per heavy atom. The lowest BCUT2D eigenvalue weighted by Crippen LogP contribution is -2.42. The molecule has 0 radical (unpaired) electrons. The van der Waals surface area contributed by atoms with Gasteiger partial charge in [-0.15, -0.1) is 0 Å². The van der Waals surface area contributed by atoms with Gasteiger partial charge in [-0.3, -0.25) is 0 Å². The lowest BCUT2D eigenvalue weighted by atomic mass is 10.1. The van der Waals surface area contributed by atoms with Gasteiger partial charge in [-0.2, -0.15) is 0 Å². The van der Waals surface area contributed by atoms with E-state index in [9.17, 15) is 0 Å². The standard InChI is InChI=1S/C12H17N3/c1-2-10-5-9-15(12(10)14-6-1)11-3-7-13-8-4-11/h1-2,6,11,13H,3-5,7-9H2. The van der Waals surface area contributed by atoms with Crippen LogP contribution in [0.3, 0.4) is 0 Å². The van der Waals surface area contributed by atoms with E-state index in [1.807, 2.05) is 12.3 Å². The van der Waals surface area contributed by atoms with Crippen molar-refractivity contribution in [2.45, 2.75) is 25.3 Å². The average molecular weight is 203 g/mol. The first kappa shape index (κ1) is 9.16. The van der Waals surface area contributed by atoms with Gasteiger partial charge in [0.15, 0.2) is 0 Å². The summed E-state index contributed by atoms with van der Waals surface area (Å²) in [5.41, 5.74) is 1.43. The molecule has 1 fully saturated rings. The number of piperidine rings is 1. The molecule has 3 heteroatoms. The van der Waals surface area contributed by atoms with Crippen molar-refractivity contribution in [2.24, 2.45) is 0 Å². The van der Waals surface area contributed by atoms with Crippen molar-refractivity contribution in [3.8, 4) is 0 Å².